The largest absolute Gasteiger partial charge is 0.458 e. The third kappa shape index (κ3) is 2.83. The molecule has 3 rings (SSSR count). The Labute approximate surface area is 146 Å². The molecule has 1 heterocycles. The highest BCUT2D eigenvalue weighted by molar-refractivity contribution is 5.88. The van der Waals surface area contributed by atoms with E-state index in [-0.39, 0.29) is 23.6 Å². The lowest BCUT2D eigenvalue weighted by Crippen LogP contribution is -2.43. The summed E-state index contributed by atoms with van der Waals surface area (Å²) in [6.07, 6.45) is 0.121. The number of ketones is 1. The summed E-state index contributed by atoms with van der Waals surface area (Å²) in [6, 6.07) is 0. The highest BCUT2D eigenvalue weighted by Crippen LogP contribution is 2.58. The molecule has 3 fully saturated rings. The molecule has 0 spiro atoms. The summed E-state index contributed by atoms with van der Waals surface area (Å²) >= 11 is 0. The van der Waals surface area contributed by atoms with Gasteiger partial charge < -0.3 is 14.2 Å². The van der Waals surface area contributed by atoms with Crippen molar-refractivity contribution in [3.63, 3.8) is 0 Å². The molecule has 6 unspecified atom stereocenters. The lowest BCUT2D eigenvalue weighted by molar-refractivity contribution is -0.173. The van der Waals surface area contributed by atoms with E-state index in [0.29, 0.717) is 12.8 Å². The van der Waals surface area contributed by atoms with Gasteiger partial charge in [-0.15, -0.1) is 0 Å². The molecule has 7 nitrogen and oxygen atoms in total. The Hall–Kier alpha value is -1.92. The van der Waals surface area contributed by atoms with Crippen molar-refractivity contribution in [1.29, 1.82) is 0 Å². The van der Waals surface area contributed by atoms with Crippen molar-refractivity contribution in [2.24, 2.45) is 29.1 Å². The Morgan fingerprint density at radius 1 is 1.24 bits per heavy atom. The summed E-state index contributed by atoms with van der Waals surface area (Å²) in [5, 5.41) is 0. The van der Waals surface area contributed by atoms with E-state index < -0.39 is 48.0 Å². The molecule has 3 aliphatic rings. The van der Waals surface area contributed by atoms with Gasteiger partial charge in [-0.3, -0.25) is 14.4 Å². The molecular formula is C18H24O7. The van der Waals surface area contributed by atoms with E-state index in [1.807, 2.05) is 6.92 Å². The second-order valence-electron chi connectivity index (χ2n) is 7.90. The van der Waals surface area contributed by atoms with Gasteiger partial charge in [0.15, 0.2) is 6.61 Å². The summed E-state index contributed by atoms with van der Waals surface area (Å²) in [5.74, 6) is -2.70. The molecular weight excluding hydrogens is 328 g/mol. The molecule has 2 bridgehead atoms. The highest BCUT2D eigenvalue weighted by atomic mass is 16.6. The van der Waals surface area contributed by atoms with E-state index in [0.717, 1.165) is 0 Å². The summed E-state index contributed by atoms with van der Waals surface area (Å²) in [4.78, 5) is 48.0. The van der Waals surface area contributed by atoms with Crippen molar-refractivity contribution >= 4 is 23.7 Å². The minimum absolute atomic E-state index is 0.0641. The van der Waals surface area contributed by atoms with Gasteiger partial charge in [0.05, 0.1) is 11.3 Å². The van der Waals surface area contributed by atoms with Gasteiger partial charge in [-0.1, -0.05) is 6.92 Å². The molecule has 25 heavy (non-hydrogen) atoms. The second kappa shape index (κ2) is 6.11. The average Bonchev–Trinajstić information content (AvgIpc) is 3.15. The van der Waals surface area contributed by atoms with Crippen molar-refractivity contribution in [3.8, 4) is 0 Å². The van der Waals surface area contributed by atoms with Crippen molar-refractivity contribution in [1.82, 2.24) is 0 Å². The fourth-order valence-electron chi connectivity index (χ4n) is 4.35. The van der Waals surface area contributed by atoms with Crippen molar-refractivity contribution in [2.45, 2.75) is 52.7 Å². The summed E-state index contributed by atoms with van der Waals surface area (Å²) < 4.78 is 15.8. The van der Waals surface area contributed by atoms with Gasteiger partial charge in [-0.05, 0) is 33.6 Å². The van der Waals surface area contributed by atoms with Crippen LogP contribution in [0.3, 0.4) is 0 Å². The van der Waals surface area contributed by atoms with Crippen LogP contribution in [-0.2, 0) is 33.4 Å². The van der Waals surface area contributed by atoms with Crippen LogP contribution < -0.4 is 0 Å². The molecule has 0 amide bonds. The summed E-state index contributed by atoms with van der Waals surface area (Å²) in [5.41, 5.74) is -0.666. The van der Waals surface area contributed by atoms with Crippen LogP contribution in [0, 0.1) is 29.1 Å². The van der Waals surface area contributed by atoms with Gasteiger partial charge in [-0.25, -0.2) is 4.79 Å². The zero-order valence-corrected chi connectivity index (χ0v) is 14.9. The number of fused-ring (bicyclic) bond motifs is 1. The molecule has 2 saturated carbocycles. The first-order valence-corrected chi connectivity index (χ1v) is 8.75. The van der Waals surface area contributed by atoms with E-state index in [1.165, 1.54) is 6.92 Å². The Balaban J connectivity index is 1.62. The number of Topliss-reactive ketones (excluding diaryl/α,β-unsaturated/α-hetero) is 1. The molecule has 0 aromatic rings. The fraction of sp³-hybridized carbons (Fsp3) is 0.778. The molecule has 1 saturated heterocycles. The molecule has 7 heteroatoms. The van der Waals surface area contributed by atoms with Crippen LogP contribution in [0.2, 0.25) is 0 Å². The Kier molecular flexibility index (Phi) is 4.37. The van der Waals surface area contributed by atoms with Crippen LogP contribution in [-0.4, -0.2) is 42.5 Å². The van der Waals surface area contributed by atoms with E-state index in [1.54, 1.807) is 13.8 Å². The molecule has 0 aromatic heterocycles. The summed E-state index contributed by atoms with van der Waals surface area (Å²) in [7, 11) is 0. The number of hydrogen-bond donors (Lipinski definition) is 0. The van der Waals surface area contributed by atoms with Crippen molar-refractivity contribution < 1.29 is 33.4 Å². The van der Waals surface area contributed by atoms with Crippen LogP contribution in [0.15, 0.2) is 0 Å². The Morgan fingerprint density at radius 2 is 1.92 bits per heavy atom. The number of ether oxygens (including phenoxy) is 3. The third-order valence-electron chi connectivity index (χ3n) is 6.04. The van der Waals surface area contributed by atoms with Gasteiger partial charge >= 0.3 is 17.9 Å². The predicted octanol–water partition coefficient (Wildman–Crippen LogP) is 1.27. The molecule has 0 N–H and O–H groups in total. The Bertz CT molecular complexity index is 623. The molecule has 6 atom stereocenters. The number of carbonyl (C=O) groups is 4. The monoisotopic (exact) mass is 352 g/mol. The van der Waals surface area contributed by atoms with Crippen molar-refractivity contribution in [2.75, 3.05) is 6.61 Å². The first kappa shape index (κ1) is 17.9. The van der Waals surface area contributed by atoms with Gasteiger partial charge in [0.2, 0.25) is 0 Å². The lowest BCUT2D eigenvalue weighted by Gasteiger charge is -2.30. The van der Waals surface area contributed by atoms with Crippen LogP contribution >= 0.6 is 0 Å². The molecule has 0 aromatic carbocycles. The fourth-order valence-corrected chi connectivity index (χ4v) is 4.35. The summed E-state index contributed by atoms with van der Waals surface area (Å²) in [6.45, 7) is 6.32. The van der Waals surface area contributed by atoms with Gasteiger partial charge in [0, 0.05) is 17.8 Å². The maximum atomic E-state index is 12.1. The first-order chi connectivity index (χ1) is 11.7. The normalized spacial score (nSPS) is 35.4. The average molecular weight is 352 g/mol. The first-order valence-electron chi connectivity index (χ1n) is 8.75. The number of esters is 3. The van der Waals surface area contributed by atoms with E-state index in [2.05, 4.69) is 0 Å². The van der Waals surface area contributed by atoms with Crippen LogP contribution in [0.1, 0.15) is 40.5 Å². The minimum Gasteiger partial charge on any atom is -0.458 e. The van der Waals surface area contributed by atoms with Gasteiger partial charge in [0.25, 0.3) is 0 Å². The van der Waals surface area contributed by atoms with Crippen LogP contribution in [0.5, 0.6) is 0 Å². The van der Waals surface area contributed by atoms with E-state index in [9.17, 15) is 19.2 Å². The molecule has 0 radical (unpaired) electrons. The lowest BCUT2D eigenvalue weighted by atomic mass is 9.76. The molecule has 1 aliphatic heterocycles. The van der Waals surface area contributed by atoms with E-state index in [4.69, 9.17) is 14.2 Å². The van der Waals surface area contributed by atoms with E-state index >= 15 is 0 Å². The maximum absolute atomic E-state index is 12.1. The van der Waals surface area contributed by atoms with Crippen LogP contribution in [0.25, 0.3) is 0 Å². The smallest absolute Gasteiger partial charge is 0.344 e. The zero-order chi connectivity index (χ0) is 18.5. The third-order valence-corrected chi connectivity index (χ3v) is 6.04. The zero-order valence-electron chi connectivity index (χ0n) is 14.9. The second-order valence-corrected chi connectivity index (χ2v) is 7.90. The van der Waals surface area contributed by atoms with Crippen LogP contribution in [0.4, 0.5) is 0 Å². The van der Waals surface area contributed by atoms with Crippen molar-refractivity contribution in [3.05, 3.63) is 0 Å². The predicted molar refractivity (Wildman–Crippen MR) is 84.0 cm³/mol. The van der Waals surface area contributed by atoms with Gasteiger partial charge in [-0.2, -0.15) is 0 Å². The molecule has 138 valence electrons. The van der Waals surface area contributed by atoms with Gasteiger partial charge in [0.1, 0.15) is 18.0 Å². The maximum Gasteiger partial charge on any atom is 0.344 e. The topological polar surface area (TPSA) is 96.0 Å². The number of rotatable bonds is 6. The molecule has 2 aliphatic carbocycles. The number of carbonyl (C=O) groups excluding carboxylic acids is 4. The SMILES string of the molecule is CCC(C)(C)C(=O)OCC(=O)OC1C2CC3C1OC(=O)C3C2C(C)=O. The Morgan fingerprint density at radius 3 is 2.52 bits per heavy atom. The minimum atomic E-state index is -0.681. The quantitative estimate of drug-likeness (QED) is 0.525. The number of hydrogen-bond acceptors (Lipinski definition) is 7. The standard InChI is InChI=1S/C18H24O7/c1-5-18(3,4)17(22)23-7-11(20)24-14-9-6-10-13(12(9)8(2)19)16(21)25-15(10)14/h9-10,12-15H,5-7H2,1-4H3. The highest BCUT2D eigenvalue weighted by Gasteiger charge is 2.69.